The summed E-state index contributed by atoms with van der Waals surface area (Å²) in [6.07, 6.45) is 1.61. The van der Waals surface area contributed by atoms with Crippen molar-refractivity contribution >= 4 is 22.0 Å². The maximum atomic E-state index is 10.3. The lowest BCUT2D eigenvalue weighted by molar-refractivity contribution is 0.521. The maximum absolute atomic E-state index is 10.3. The first kappa shape index (κ1) is 11.2. The van der Waals surface area contributed by atoms with E-state index in [1.807, 2.05) is 39.0 Å². The van der Waals surface area contributed by atoms with Gasteiger partial charge in [0.15, 0.2) is 0 Å². The number of halogens is 1. The summed E-state index contributed by atoms with van der Waals surface area (Å²) >= 11 is 3.45. The minimum absolute atomic E-state index is 0.521. The Balaban J connectivity index is 3.30. The van der Waals surface area contributed by atoms with E-state index in [0.717, 1.165) is 15.6 Å². The van der Waals surface area contributed by atoms with Gasteiger partial charge in [-0.1, -0.05) is 33.6 Å². The van der Waals surface area contributed by atoms with Crippen molar-refractivity contribution in [1.29, 1.82) is 0 Å². The lowest BCUT2D eigenvalue weighted by Gasteiger charge is -2.20. The number of rotatable bonds is 2. The number of isocyanates is 1. The number of hydrogen-bond acceptors (Lipinski definition) is 2. The van der Waals surface area contributed by atoms with Crippen LogP contribution in [0.2, 0.25) is 0 Å². The van der Waals surface area contributed by atoms with E-state index in [-0.39, 0.29) is 0 Å². The Hall–Kier alpha value is -0.920. The summed E-state index contributed by atoms with van der Waals surface area (Å²) in [7, 11) is 0. The van der Waals surface area contributed by atoms with Crippen LogP contribution in [-0.2, 0) is 10.3 Å². The van der Waals surface area contributed by atoms with Gasteiger partial charge in [-0.25, -0.2) is 4.79 Å². The second-order valence-corrected chi connectivity index (χ2v) is 4.60. The van der Waals surface area contributed by atoms with Crippen molar-refractivity contribution in [3.05, 3.63) is 33.8 Å². The standard InChI is InChI=1S/C11H12BrNO/c1-8-4-5-10(12)9(6-8)11(2,3)13-7-14/h4-6H,1-3H3. The molecule has 0 N–H and O–H groups in total. The lowest BCUT2D eigenvalue weighted by Crippen LogP contribution is -2.14. The van der Waals surface area contributed by atoms with Crippen molar-refractivity contribution in [2.75, 3.05) is 0 Å². The summed E-state index contributed by atoms with van der Waals surface area (Å²) in [5, 5.41) is 0. The van der Waals surface area contributed by atoms with Gasteiger partial charge in [0.05, 0.1) is 5.54 Å². The minimum Gasteiger partial charge on any atom is -0.211 e. The topological polar surface area (TPSA) is 29.4 Å². The average Bonchev–Trinajstić information content (AvgIpc) is 2.09. The molecule has 0 aliphatic heterocycles. The molecule has 14 heavy (non-hydrogen) atoms. The van der Waals surface area contributed by atoms with Gasteiger partial charge in [0.25, 0.3) is 0 Å². The molecule has 2 nitrogen and oxygen atoms in total. The summed E-state index contributed by atoms with van der Waals surface area (Å²) in [6.45, 7) is 5.78. The van der Waals surface area contributed by atoms with Crippen molar-refractivity contribution in [2.45, 2.75) is 26.3 Å². The highest BCUT2D eigenvalue weighted by Gasteiger charge is 2.21. The lowest BCUT2D eigenvalue weighted by atomic mass is 9.94. The molecule has 0 radical (unpaired) electrons. The fourth-order valence-corrected chi connectivity index (χ4v) is 2.01. The predicted octanol–water partition coefficient (Wildman–Crippen LogP) is 3.33. The number of aliphatic imine (C=N–C) groups is 1. The first-order chi connectivity index (χ1) is 6.47. The maximum Gasteiger partial charge on any atom is 0.235 e. The third-order valence-electron chi connectivity index (χ3n) is 2.11. The van der Waals surface area contributed by atoms with Crippen LogP contribution in [0.1, 0.15) is 25.0 Å². The van der Waals surface area contributed by atoms with Gasteiger partial charge in [-0.3, -0.25) is 0 Å². The van der Waals surface area contributed by atoms with E-state index >= 15 is 0 Å². The van der Waals surface area contributed by atoms with Crippen molar-refractivity contribution in [3.8, 4) is 0 Å². The largest absolute Gasteiger partial charge is 0.235 e. The van der Waals surface area contributed by atoms with Gasteiger partial charge in [0, 0.05) is 4.47 Å². The number of nitrogens with zero attached hydrogens (tertiary/aromatic N) is 1. The highest BCUT2D eigenvalue weighted by atomic mass is 79.9. The summed E-state index contributed by atoms with van der Waals surface area (Å²) in [6, 6.07) is 5.99. The molecule has 0 unspecified atom stereocenters. The Kier molecular flexibility index (Phi) is 3.25. The monoisotopic (exact) mass is 253 g/mol. The molecule has 0 spiro atoms. The smallest absolute Gasteiger partial charge is 0.211 e. The fraction of sp³-hybridized carbons (Fsp3) is 0.364. The molecule has 0 aliphatic carbocycles. The van der Waals surface area contributed by atoms with Crippen molar-refractivity contribution in [3.63, 3.8) is 0 Å². The van der Waals surface area contributed by atoms with Crippen LogP contribution in [0, 0.1) is 6.92 Å². The van der Waals surface area contributed by atoms with Gasteiger partial charge < -0.3 is 0 Å². The Bertz CT molecular complexity index is 392. The molecule has 0 aromatic heterocycles. The SMILES string of the molecule is Cc1ccc(Br)c(C(C)(C)N=C=O)c1. The third kappa shape index (κ3) is 2.31. The van der Waals surface area contributed by atoms with E-state index < -0.39 is 5.54 Å². The molecule has 0 saturated heterocycles. The second-order valence-electron chi connectivity index (χ2n) is 3.75. The fourth-order valence-electron chi connectivity index (χ4n) is 1.28. The zero-order valence-corrected chi connectivity index (χ0v) is 10.1. The van der Waals surface area contributed by atoms with E-state index in [0.29, 0.717) is 0 Å². The Morgan fingerprint density at radius 3 is 2.64 bits per heavy atom. The Morgan fingerprint density at radius 2 is 2.07 bits per heavy atom. The molecular weight excluding hydrogens is 242 g/mol. The molecule has 3 heteroatoms. The van der Waals surface area contributed by atoms with Gasteiger partial charge >= 0.3 is 0 Å². The second kappa shape index (κ2) is 4.07. The molecule has 0 saturated carbocycles. The van der Waals surface area contributed by atoms with Gasteiger partial charge in [-0.05, 0) is 32.4 Å². The van der Waals surface area contributed by atoms with E-state index in [4.69, 9.17) is 0 Å². The van der Waals surface area contributed by atoms with Crippen LogP contribution in [0.5, 0.6) is 0 Å². The van der Waals surface area contributed by atoms with E-state index in [2.05, 4.69) is 20.9 Å². The molecule has 0 amide bonds. The van der Waals surface area contributed by atoms with Crippen molar-refractivity contribution in [1.82, 2.24) is 0 Å². The normalized spacial score (nSPS) is 10.9. The summed E-state index contributed by atoms with van der Waals surface area (Å²) in [5.41, 5.74) is 1.63. The molecule has 0 heterocycles. The van der Waals surface area contributed by atoms with Gasteiger partial charge in [0.1, 0.15) is 0 Å². The molecule has 1 aromatic carbocycles. The first-order valence-corrected chi connectivity index (χ1v) is 5.12. The molecule has 1 aromatic rings. The zero-order chi connectivity index (χ0) is 10.8. The number of aryl methyl sites for hydroxylation is 1. The van der Waals surface area contributed by atoms with Crippen LogP contribution in [0.3, 0.4) is 0 Å². The van der Waals surface area contributed by atoms with E-state index in [9.17, 15) is 4.79 Å². The number of carbonyl (C=O) groups excluding carboxylic acids is 1. The summed E-state index contributed by atoms with van der Waals surface area (Å²) < 4.78 is 0.965. The first-order valence-electron chi connectivity index (χ1n) is 4.33. The van der Waals surface area contributed by atoms with Crippen LogP contribution in [0.15, 0.2) is 27.7 Å². The molecule has 0 atom stereocenters. The van der Waals surface area contributed by atoms with Crippen molar-refractivity contribution in [2.24, 2.45) is 4.99 Å². The molecule has 74 valence electrons. The minimum atomic E-state index is -0.521. The highest BCUT2D eigenvalue weighted by Crippen LogP contribution is 2.31. The van der Waals surface area contributed by atoms with Crippen LogP contribution in [0.4, 0.5) is 0 Å². The molecular formula is C11H12BrNO. The quantitative estimate of drug-likeness (QED) is 0.588. The molecule has 0 bridgehead atoms. The van der Waals surface area contributed by atoms with E-state index in [1.165, 1.54) is 0 Å². The molecule has 0 fully saturated rings. The van der Waals surface area contributed by atoms with Crippen molar-refractivity contribution < 1.29 is 4.79 Å². The average molecular weight is 254 g/mol. The van der Waals surface area contributed by atoms with Gasteiger partial charge in [0.2, 0.25) is 6.08 Å². The zero-order valence-electron chi connectivity index (χ0n) is 8.47. The summed E-state index contributed by atoms with van der Waals surface area (Å²) in [5.74, 6) is 0. The van der Waals surface area contributed by atoms with Gasteiger partial charge in [-0.2, -0.15) is 4.99 Å². The predicted molar refractivity (Wildman–Crippen MR) is 60.0 cm³/mol. The van der Waals surface area contributed by atoms with Gasteiger partial charge in [-0.15, -0.1) is 0 Å². The Labute approximate surface area is 92.2 Å². The van der Waals surface area contributed by atoms with Crippen LogP contribution in [-0.4, -0.2) is 6.08 Å². The van der Waals surface area contributed by atoms with Crippen LogP contribution >= 0.6 is 15.9 Å². The molecule has 1 rings (SSSR count). The highest BCUT2D eigenvalue weighted by molar-refractivity contribution is 9.10. The Morgan fingerprint density at radius 1 is 1.43 bits per heavy atom. The third-order valence-corrected chi connectivity index (χ3v) is 2.80. The molecule has 0 aliphatic rings. The number of hydrogen-bond donors (Lipinski definition) is 0. The van der Waals surface area contributed by atoms with Crippen LogP contribution in [0.25, 0.3) is 0 Å². The van der Waals surface area contributed by atoms with E-state index in [1.54, 1.807) is 6.08 Å². The van der Waals surface area contributed by atoms with Crippen LogP contribution < -0.4 is 0 Å². The summed E-state index contributed by atoms with van der Waals surface area (Å²) in [4.78, 5) is 14.1. The number of benzene rings is 1.